The number of nitrogens with one attached hydrogen (secondary N) is 1. The molecule has 0 aromatic heterocycles. The van der Waals surface area contributed by atoms with Crippen molar-refractivity contribution in [3.63, 3.8) is 0 Å². The van der Waals surface area contributed by atoms with Crippen LogP contribution in [0.2, 0.25) is 0 Å². The van der Waals surface area contributed by atoms with Gasteiger partial charge in [-0.1, -0.05) is 91.0 Å². The Morgan fingerprint density at radius 2 is 1.65 bits per heavy atom. The van der Waals surface area contributed by atoms with E-state index in [0.717, 1.165) is 11.1 Å². The Labute approximate surface area is 305 Å². The first-order valence-corrected chi connectivity index (χ1v) is 17.9. The van der Waals surface area contributed by atoms with Gasteiger partial charge in [-0.2, -0.15) is 0 Å². The summed E-state index contributed by atoms with van der Waals surface area (Å²) in [5.74, 6) is -3.70. The molecule has 0 aliphatic carbocycles. The lowest BCUT2D eigenvalue weighted by atomic mass is 9.70. The van der Waals surface area contributed by atoms with Crippen LogP contribution in [0.1, 0.15) is 60.1 Å². The minimum absolute atomic E-state index is 0.0356. The molecule has 3 amide bonds. The van der Waals surface area contributed by atoms with Gasteiger partial charge < -0.3 is 29.7 Å². The number of aryl methyl sites for hydroxylation is 2. The summed E-state index contributed by atoms with van der Waals surface area (Å²) in [6.07, 6.45) is 3.39. The van der Waals surface area contributed by atoms with E-state index in [1.54, 1.807) is 17.1 Å². The maximum atomic E-state index is 15.2. The maximum absolute atomic E-state index is 15.2. The van der Waals surface area contributed by atoms with Crippen molar-refractivity contribution in [2.24, 2.45) is 11.8 Å². The van der Waals surface area contributed by atoms with E-state index in [9.17, 15) is 19.5 Å². The molecule has 272 valence electrons. The first-order chi connectivity index (χ1) is 25.2. The molecule has 3 aliphatic rings. The number of anilines is 1. The molecule has 0 unspecified atom stereocenters. The van der Waals surface area contributed by atoms with Crippen molar-refractivity contribution in [3.05, 3.63) is 126 Å². The number of fused-ring (bicyclic) bond motifs is 1. The molecule has 2 bridgehead atoms. The van der Waals surface area contributed by atoms with Crippen molar-refractivity contribution in [1.29, 1.82) is 0 Å². The standard InChI is InChI=1S/C42H47N3O7/c1-5-7-21-34(47)43-25-33(30-19-12-9-13-20-30)51-41(50)35-32-22-23-42(52-32)36(35)39(48)45(31(26-46)29-17-10-8-11-18-29)38(42)40(49)44(24-6-2)37-27(3)15-14-16-28(37)4/h5-6,8-20,31-33,35-36,38,46H,1-2,7,21-26H2,3-4H3,(H,43,47)/t31-,32+,33-,35-,36-,38+,42-/m1/s1. The molecule has 3 saturated heterocycles. The van der Waals surface area contributed by atoms with Crippen LogP contribution in [0.4, 0.5) is 5.69 Å². The van der Waals surface area contributed by atoms with Crippen LogP contribution in [0.15, 0.2) is 104 Å². The summed E-state index contributed by atoms with van der Waals surface area (Å²) in [6, 6.07) is 22.0. The second kappa shape index (κ2) is 15.7. The maximum Gasteiger partial charge on any atom is 0.313 e. The number of aliphatic hydroxyl groups is 1. The number of para-hydroxylation sites is 1. The van der Waals surface area contributed by atoms with Gasteiger partial charge in [-0.3, -0.25) is 19.2 Å². The van der Waals surface area contributed by atoms with Gasteiger partial charge in [0.1, 0.15) is 17.7 Å². The molecule has 3 aliphatic heterocycles. The molecule has 3 fully saturated rings. The average molecular weight is 706 g/mol. The van der Waals surface area contributed by atoms with Crippen molar-refractivity contribution in [2.75, 3.05) is 24.6 Å². The first kappa shape index (κ1) is 36.7. The molecule has 10 heteroatoms. The normalized spacial score (nSPS) is 24.1. The number of carbonyl (C=O) groups is 4. The molecule has 3 aromatic rings. The zero-order valence-electron chi connectivity index (χ0n) is 29.8. The highest BCUT2D eigenvalue weighted by molar-refractivity contribution is 6.05. The number of allylic oxidation sites excluding steroid dienone is 1. The van der Waals surface area contributed by atoms with Gasteiger partial charge in [0.05, 0.1) is 37.1 Å². The Balaban J connectivity index is 1.39. The number of benzene rings is 3. The highest BCUT2D eigenvalue weighted by Crippen LogP contribution is 2.60. The number of rotatable bonds is 15. The summed E-state index contributed by atoms with van der Waals surface area (Å²) in [4.78, 5) is 60.2. The number of hydrogen-bond acceptors (Lipinski definition) is 7. The number of likely N-dealkylation sites (tertiary alicyclic amines) is 1. The van der Waals surface area contributed by atoms with Gasteiger partial charge in [-0.25, -0.2) is 0 Å². The summed E-state index contributed by atoms with van der Waals surface area (Å²) in [5, 5.41) is 13.8. The first-order valence-electron chi connectivity index (χ1n) is 17.9. The topological polar surface area (TPSA) is 125 Å². The third kappa shape index (κ3) is 6.68. The number of esters is 1. The van der Waals surface area contributed by atoms with E-state index >= 15 is 4.79 Å². The summed E-state index contributed by atoms with van der Waals surface area (Å²) in [7, 11) is 0. The fourth-order valence-corrected chi connectivity index (χ4v) is 8.45. The van der Waals surface area contributed by atoms with Gasteiger partial charge in [0, 0.05) is 18.7 Å². The summed E-state index contributed by atoms with van der Waals surface area (Å²) in [5.41, 5.74) is 2.46. The molecule has 1 spiro atoms. The number of nitrogens with zero attached hydrogens (tertiary/aromatic N) is 2. The van der Waals surface area contributed by atoms with Crippen molar-refractivity contribution in [1.82, 2.24) is 10.2 Å². The highest BCUT2D eigenvalue weighted by atomic mass is 16.6. The van der Waals surface area contributed by atoms with Crippen LogP contribution < -0.4 is 10.2 Å². The third-order valence-electron chi connectivity index (χ3n) is 10.7. The number of aliphatic hydroxyl groups excluding tert-OH is 1. The quantitative estimate of drug-likeness (QED) is 0.163. The summed E-state index contributed by atoms with van der Waals surface area (Å²) in [6.45, 7) is 11.2. The summed E-state index contributed by atoms with van der Waals surface area (Å²) < 4.78 is 12.9. The molecular weight excluding hydrogens is 658 g/mol. The van der Waals surface area contributed by atoms with Crippen LogP contribution in [0.3, 0.4) is 0 Å². The molecule has 6 rings (SSSR count). The van der Waals surface area contributed by atoms with Gasteiger partial charge >= 0.3 is 5.97 Å². The third-order valence-corrected chi connectivity index (χ3v) is 10.7. The fourth-order valence-electron chi connectivity index (χ4n) is 8.45. The molecule has 2 N–H and O–H groups in total. The molecular formula is C42H47N3O7. The zero-order chi connectivity index (χ0) is 37.0. The van der Waals surface area contributed by atoms with Gasteiger partial charge in [-0.15, -0.1) is 13.2 Å². The van der Waals surface area contributed by atoms with Gasteiger partial charge in [0.15, 0.2) is 0 Å². The van der Waals surface area contributed by atoms with Crippen LogP contribution in [0, 0.1) is 25.7 Å². The minimum atomic E-state index is -1.35. The lowest BCUT2D eigenvalue weighted by Crippen LogP contribution is -2.57. The lowest BCUT2D eigenvalue weighted by molar-refractivity contribution is -0.161. The second-order valence-electron chi connectivity index (χ2n) is 13.9. The van der Waals surface area contributed by atoms with E-state index in [-0.39, 0.29) is 31.3 Å². The van der Waals surface area contributed by atoms with Crippen LogP contribution in [-0.4, -0.2) is 71.1 Å². The number of carbonyl (C=O) groups excluding carboxylic acids is 4. The Morgan fingerprint density at radius 3 is 2.27 bits per heavy atom. The predicted octanol–water partition coefficient (Wildman–Crippen LogP) is 5.30. The molecule has 10 nitrogen and oxygen atoms in total. The summed E-state index contributed by atoms with van der Waals surface area (Å²) >= 11 is 0. The lowest BCUT2D eigenvalue weighted by Gasteiger charge is -2.40. The predicted molar refractivity (Wildman–Crippen MR) is 197 cm³/mol. The van der Waals surface area contributed by atoms with Gasteiger partial charge in [0.25, 0.3) is 5.91 Å². The van der Waals surface area contributed by atoms with Gasteiger partial charge in [0.2, 0.25) is 11.8 Å². The largest absolute Gasteiger partial charge is 0.455 e. The smallest absolute Gasteiger partial charge is 0.313 e. The molecule has 0 saturated carbocycles. The molecule has 7 atom stereocenters. The van der Waals surface area contributed by atoms with Gasteiger partial charge in [-0.05, 0) is 55.4 Å². The number of amides is 3. The monoisotopic (exact) mass is 705 g/mol. The van der Waals surface area contributed by atoms with Crippen LogP contribution in [0.5, 0.6) is 0 Å². The van der Waals surface area contributed by atoms with E-state index in [1.807, 2.05) is 92.7 Å². The molecule has 52 heavy (non-hydrogen) atoms. The molecule has 3 heterocycles. The average Bonchev–Trinajstić information content (AvgIpc) is 3.80. The van der Waals surface area contributed by atoms with Crippen molar-refractivity contribution in [2.45, 2.75) is 69.4 Å². The Bertz CT molecular complexity index is 1790. The van der Waals surface area contributed by atoms with Crippen LogP contribution in [-0.2, 0) is 28.7 Å². The van der Waals surface area contributed by atoms with Crippen molar-refractivity contribution < 1.29 is 33.8 Å². The van der Waals surface area contributed by atoms with E-state index in [1.165, 1.54) is 4.90 Å². The SMILES string of the molecule is C=CCCC(=O)NC[C@@H](OC(=O)[C@@H]1[C@@H]2CC[C@]3(O2)[C@H](C(=O)N(CC=C)c2c(C)cccc2C)N([C@H](CO)c2ccccc2)C(=O)[C@@H]13)c1ccccc1. The number of hydrogen-bond donors (Lipinski definition) is 2. The van der Waals surface area contributed by atoms with Crippen LogP contribution >= 0.6 is 0 Å². The highest BCUT2D eigenvalue weighted by Gasteiger charge is 2.76. The second-order valence-corrected chi connectivity index (χ2v) is 13.9. The minimum Gasteiger partial charge on any atom is -0.455 e. The fraction of sp³-hybridized carbons (Fsp3) is 0.381. The van der Waals surface area contributed by atoms with E-state index in [0.29, 0.717) is 36.1 Å². The number of ether oxygens (including phenoxy) is 2. The Hall–Kier alpha value is -5.06. The molecule has 0 radical (unpaired) electrons. The Kier molecular flexibility index (Phi) is 11.1. The van der Waals surface area contributed by atoms with E-state index < -0.39 is 60.2 Å². The van der Waals surface area contributed by atoms with E-state index in [4.69, 9.17) is 9.47 Å². The van der Waals surface area contributed by atoms with Crippen molar-refractivity contribution in [3.8, 4) is 0 Å². The van der Waals surface area contributed by atoms with Crippen molar-refractivity contribution >= 4 is 29.4 Å². The molecule has 3 aromatic carbocycles. The zero-order valence-corrected chi connectivity index (χ0v) is 29.8. The van der Waals surface area contributed by atoms with E-state index in [2.05, 4.69) is 18.5 Å². The Morgan fingerprint density at radius 1 is 1.00 bits per heavy atom. The van der Waals surface area contributed by atoms with Crippen LogP contribution in [0.25, 0.3) is 0 Å².